The van der Waals surface area contributed by atoms with Gasteiger partial charge in [-0.1, -0.05) is 13.8 Å². The van der Waals surface area contributed by atoms with Crippen LogP contribution in [0.4, 0.5) is 0 Å². The van der Waals surface area contributed by atoms with Crippen LogP contribution in [0.3, 0.4) is 0 Å². The highest BCUT2D eigenvalue weighted by Gasteiger charge is 2.34. The molecule has 0 saturated carbocycles. The number of carboxylic acids is 1. The molecule has 0 aromatic heterocycles. The SMILES string of the molecule is CCN(CC)CCOc1ccc(C(=O)N2CCCC2C(=O)O)cc1. The molecule has 0 bridgehead atoms. The van der Waals surface area contributed by atoms with E-state index in [0.717, 1.165) is 31.8 Å². The number of ether oxygens (including phenoxy) is 1. The van der Waals surface area contributed by atoms with Crippen molar-refractivity contribution < 1.29 is 19.4 Å². The molecule has 132 valence electrons. The maximum absolute atomic E-state index is 12.5. The van der Waals surface area contributed by atoms with Gasteiger partial charge in [0, 0.05) is 18.7 Å². The van der Waals surface area contributed by atoms with Crippen molar-refractivity contribution in [2.45, 2.75) is 32.7 Å². The van der Waals surface area contributed by atoms with Crippen LogP contribution in [0, 0.1) is 0 Å². The lowest BCUT2D eigenvalue weighted by Gasteiger charge is -2.21. The van der Waals surface area contributed by atoms with Crippen molar-refractivity contribution in [2.75, 3.05) is 32.8 Å². The summed E-state index contributed by atoms with van der Waals surface area (Å²) < 4.78 is 5.70. The van der Waals surface area contributed by atoms with Gasteiger partial charge in [-0.05, 0) is 50.2 Å². The molecule has 1 aromatic rings. The number of aliphatic carboxylic acids is 1. The quantitative estimate of drug-likeness (QED) is 0.788. The molecule has 0 spiro atoms. The van der Waals surface area contributed by atoms with Gasteiger partial charge in [0.2, 0.25) is 0 Å². The first-order valence-corrected chi connectivity index (χ1v) is 8.55. The number of benzene rings is 1. The van der Waals surface area contributed by atoms with Crippen LogP contribution >= 0.6 is 0 Å². The summed E-state index contributed by atoms with van der Waals surface area (Å²) in [7, 11) is 0. The molecule has 0 radical (unpaired) electrons. The first-order chi connectivity index (χ1) is 11.6. The predicted octanol–water partition coefficient (Wildman–Crippen LogP) is 2.10. The number of carboxylic acid groups (broad SMARTS) is 1. The van der Waals surface area contributed by atoms with Gasteiger partial charge in [0.15, 0.2) is 0 Å². The van der Waals surface area contributed by atoms with Crippen LogP contribution in [0.5, 0.6) is 5.75 Å². The van der Waals surface area contributed by atoms with Gasteiger partial charge in [-0.15, -0.1) is 0 Å². The number of carbonyl (C=O) groups is 2. The molecule has 1 aliphatic heterocycles. The average molecular weight is 334 g/mol. The molecule has 1 unspecified atom stereocenters. The Morgan fingerprint density at radius 1 is 1.25 bits per heavy atom. The van der Waals surface area contributed by atoms with Crippen molar-refractivity contribution in [3.05, 3.63) is 29.8 Å². The van der Waals surface area contributed by atoms with Crippen molar-refractivity contribution >= 4 is 11.9 Å². The van der Waals surface area contributed by atoms with Gasteiger partial charge in [0.1, 0.15) is 18.4 Å². The van der Waals surface area contributed by atoms with Crippen LogP contribution in [0.2, 0.25) is 0 Å². The average Bonchev–Trinajstić information content (AvgIpc) is 3.09. The first-order valence-electron chi connectivity index (χ1n) is 8.55. The number of carbonyl (C=O) groups excluding carboxylic acids is 1. The molecular formula is C18H26N2O4. The second kappa shape index (κ2) is 8.68. The maximum atomic E-state index is 12.5. The third-order valence-electron chi connectivity index (χ3n) is 4.47. The Hall–Kier alpha value is -2.08. The molecule has 0 aliphatic carbocycles. The number of hydrogen-bond donors (Lipinski definition) is 1. The smallest absolute Gasteiger partial charge is 0.326 e. The summed E-state index contributed by atoms with van der Waals surface area (Å²) in [6, 6.07) is 6.23. The van der Waals surface area contributed by atoms with Crippen molar-refractivity contribution in [1.29, 1.82) is 0 Å². The highest BCUT2D eigenvalue weighted by atomic mass is 16.5. The summed E-state index contributed by atoms with van der Waals surface area (Å²) >= 11 is 0. The highest BCUT2D eigenvalue weighted by molar-refractivity contribution is 5.97. The fourth-order valence-corrected chi connectivity index (χ4v) is 2.96. The zero-order chi connectivity index (χ0) is 17.5. The van der Waals surface area contributed by atoms with E-state index in [4.69, 9.17) is 4.74 Å². The van der Waals surface area contributed by atoms with Crippen molar-refractivity contribution in [2.24, 2.45) is 0 Å². The molecule has 1 atom stereocenters. The fourth-order valence-electron chi connectivity index (χ4n) is 2.96. The molecule has 1 aromatic carbocycles. The number of rotatable bonds is 8. The summed E-state index contributed by atoms with van der Waals surface area (Å²) in [6.07, 6.45) is 1.25. The predicted molar refractivity (Wildman–Crippen MR) is 91.4 cm³/mol. The zero-order valence-electron chi connectivity index (χ0n) is 14.4. The molecule has 1 heterocycles. The molecule has 1 fully saturated rings. The molecule has 2 rings (SSSR count). The standard InChI is InChI=1S/C18H26N2O4/c1-3-19(4-2)12-13-24-15-9-7-14(8-10-15)17(21)20-11-5-6-16(20)18(22)23/h7-10,16H,3-6,11-13H2,1-2H3,(H,22,23). The Morgan fingerprint density at radius 2 is 1.92 bits per heavy atom. The minimum Gasteiger partial charge on any atom is -0.492 e. The monoisotopic (exact) mass is 334 g/mol. The van der Waals surface area contributed by atoms with E-state index in [2.05, 4.69) is 18.7 Å². The number of hydrogen-bond acceptors (Lipinski definition) is 4. The summed E-state index contributed by atoms with van der Waals surface area (Å²) in [4.78, 5) is 27.4. The number of nitrogens with zero attached hydrogens (tertiary/aromatic N) is 2. The van der Waals surface area contributed by atoms with E-state index in [1.165, 1.54) is 4.90 Å². The largest absolute Gasteiger partial charge is 0.492 e. The van der Waals surface area contributed by atoms with Gasteiger partial charge >= 0.3 is 5.97 Å². The Bertz CT molecular complexity index is 555. The lowest BCUT2D eigenvalue weighted by Crippen LogP contribution is -2.40. The van der Waals surface area contributed by atoms with Gasteiger partial charge in [0.25, 0.3) is 5.91 Å². The van der Waals surface area contributed by atoms with Crippen molar-refractivity contribution in [1.82, 2.24) is 9.80 Å². The molecule has 1 aliphatic rings. The Labute approximate surface area is 143 Å². The summed E-state index contributed by atoms with van der Waals surface area (Å²) in [5, 5.41) is 9.19. The van der Waals surface area contributed by atoms with Gasteiger partial charge < -0.3 is 19.6 Å². The van der Waals surface area contributed by atoms with Crippen LogP contribution in [-0.2, 0) is 4.79 Å². The van der Waals surface area contributed by atoms with Crippen LogP contribution in [0.1, 0.15) is 37.0 Å². The van der Waals surface area contributed by atoms with E-state index in [0.29, 0.717) is 25.1 Å². The van der Waals surface area contributed by atoms with Gasteiger partial charge in [0.05, 0.1) is 0 Å². The third kappa shape index (κ3) is 4.47. The van der Waals surface area contributed by atoms with E-state index in [9.17, 15) is 14.7 Å². The first kappa shape index (κ1) is 18.3. The van der Waals surface area contributed by atoms with E-state index >= 15 is 0 Å². The number of amides is 1. The molecular weight excluding hydrogens is 308 g/mol. The number of likely N-dealkylation sites (N-methyl/N-ethyl adjacent to an activating group) is 1. The van der Waals surface area contributed by atoms with Crippen molar-refractivity contribution in [3.63, 3.8) is 0 Å². The fraction of sp³-hybridized carbons (Fsp3) is 0.556. The molecule has 6 nitrogen and oxygen atoms in total. The molecule has 24 heavy (non-hydrogen) atoms. The van der Waals surface area contributed by atoms with Crippen LogP contribution in [-0.4, -0.2) is 65.6 Å². The topological polar surface area (TPSA) is 70.1 Å². The maximum Gasteiger partial charge on any atom is 0.326 e. The second-order valence-corrected chi connectivity index (χ2v) is 5.89. The Kier molecular flexibility index (Phi) is 6.61. The lowest BCUT2D eigenvalue weighted by atomic mass is 10.1. The molecule has 1 N–H and O–H groups in total. The van der Waals surface area contributed by atoms with Crippen LogP contribution in [0.15, 0.2) is 24.3 Å². The van der Waals surface area contributed by atoms with Crippen LogP contribution < -0.4 is 4.74 Å². The lowest BCUT2D eigenvalue weighted by molar-refractivity contribution is -0.141. The molecule has 1 saturated heterocycles. The van der Waals surface area contributed by atoms with Gasteiger partial charge in [-0.25, -0.2) is 4.79 Å². The second-order valence-electron chi connectivity index (χ2n) is 5.89. The number of likely N-dealkylation sites (tertiary alicyclic amines) is 1. The zero-order valence-corrected chi connectivity index (χ0v) is 14.4. The Balaban J connectivity index is 1.91. The summed E-state index contributed by atoms with van der Waals surface area (Å²) in [6.45, 7) is 8.18. The molecule has 1 amide bonds. The van der Waals surface area contributed by atoms with E-state index in [1.54, 1.807) is 24.3 Å². The summed E-state index contributed by atoms with van der Waals surface area (Å²) in [5.41, 5.74) is 0.499. The normalized spacial score (nSPS) is 17.3. The third-order valence-corrected chi connectivity index (χ3v) is 4.47. The van der Waals surface area contributed by atoms with E-state index in [-0.39, 0.29) is 5.91 Å². The van der Waals surface area contributed by atoms with Crippen molar-refractivity contribution in [3.8, 4) is 5.75 Å². The molecule has 6 heteroatoms. The highest BCUT2D eigenvalue weighted by Crippen LogP contribution is 2.21. The minimum absolute atomic E-state index is 0.227. The van der Waals surface area contributed by atoms with Gasteiger partial charge in [-0.2, -0.15) is 0 Å². The minimum atomic E-state index is -0.933. The summed E-state index contributed by atoms with van der Waals surface area (Å²) in [5.74, 6) is -0.443. The van der Waals surface area contributed by atoms with Crippen LogP contribution in [0.25, 0.3) is 0 Å². The van der Waals surface area contributed by atoms with E-state index in [1.807, 2.05) is 0 Å². The van der Waals surface area contributed by atoms with E-state index < -0.39 is 12.0 Å². The Morgan fingerprint density at radius 3 is 2.50 bits per heavy atom. The van der Waals surface area contributed by atoms with Gasteiger partial charge in [-0.3, -0.25) is 4.79 Å².